The number of nitrogens with zero attached hydrogens (tertiary/aromatic N) is 2. The van der Waals surface area contributed by atoms with Crippen LogP contribution >= 0.6 is 22.9 Å². The first kappa shape index (κ1) is 22.0. The molecule has 0 aliphatic carbocycles. The monoisotopic (exact) mass is 468 g/mol. The van der Waals surface area contributed by atoms with Crippen LogP contribution in [0, 0.1) is 0 Å². The summed E-state index contributed by atoms with van der Waals surface area (Å²) in [6.45, 7) is 3.73. The van der Waals surface area contributed by atoms with Gasteiger partial charge in [-0.2, -0.15) is 0 Å². The van der Waals surface area contributed by atoms with Gasteiger partial charge in [-0.25, -0.2) is 9.79 Å². The van der Waals surface area contributed by atoms with Crippen LogP contribution in [0.2, 0.25) is 5.02 Å². The lowest BCUT2D eigenvalue weighted by Gasteiger charge is -2.24. The van der Waals surface area contributed by atoms with E-state index in [1.807, 2.05) is 36.4 Å². The average Bonchev–Trinajstić information content (AvgIpc) is 3.08. The minimum atomic E-state index is -0.657. The Morgan fingerprint density at radius 3 is 2.69 bits per heavy atom. The van der Waals surface area contributed by atoms with Crippen molar-refractivity contribution < 1.29 is 14.3 Å². The zero-order chi connectivity index (χ0) is 22.8. The van der Waals surface area contributed by atoms with Gasteiger partial charge in [-0.3, -0.25) is 9.36 Å². The standard InChI is InChI=1S/C24H21ClN2O4S/c1-4-31-23(29)20-14(2)26-24-27(21(20)16-8-10-17(25)11-9-16)22(28)19(32-24)13-15-6-5-7-18(12-15)30-3/h5-13,21H,4H2,1-3H3/b19-13-. The predicted molar refractivity (Wildman–Crippen MR) is 125 cm³/mol. The maximum Gasteiger partial charge on any atom is 0.338 e. The topological polar surface area (TPSA) is 69.9 Å². The number of benzene rings is 2. The van der Waals surface area contributed by atoms with E-state index in [9.17, 15) is 9.59 Å². The van der Waals surface area contributed by atoms with Crippen molar-refractivity contribution in [3.63, 3.8) is 0 Å². The Hall–Kier alpha value is -3.16. The fourth-order valence-electron chi connectivity index (χ4n) is 3.63. The van der Waals surface area contributed by atoms with Crippen LogP contribution < -0.4 is 19.6 Å². The van der Waals surface area contributed by atoms with Gasteiger partial charge in [-0.1, -0.05) is 47.2 Å². The Morgan fingerprint density at radius 1 is 1.25 bits per heavy atom. The third kappa shape index (κ3) is 4.13. The molecule has 2 aromatic carbocycles. The second-order valence-corrected chi connectivity index (χ2v) is 8.58. The van der Waals surface area contributed by atoms with E-state index >= 15 is 0 Å². The number of carbonyl (C=O) groups excluding carboxylic acids is 1. The molecule has 0 bridgehead atoms. The number of halogens is 1. The summed E-state index contributed by atoms with van der Waals surface area (Å²) in [6, 6.07) is 13.9. The molecule has 3 aromatic rings. The zero-order valence-corrected chi connectivity index (χ0v) is 19.4. The maximum atomic E-state index is 13.5. The summed E-state index contributed by atoms with van der Waals surface area (Å²) in [7, 11) is 1.60. The van der Waals surface area contributed by atoms with Crippen LogP contribution in [0.4, 0.5) is 0 Å². The molecule has 1 aliphatic heterocycles. The number of hydrogen-bond acceptors (Lipinski definition) is 6. The van der Waals surface area contributed by atoms with E-state index in [-0.39, 0.29) is 12.2 Å². The first-order valence-corrected chi connectivity index (χ1v) is 11.2. The number of methoxy groups -OCH3 is 1. The van der Waals surface area contributed by atoms with Crippen LogP contribution in [0.5, 0.6) is 5.75 Å². The zero-order valence-electron chi connectivity index (χ0n) is 17.8. The van der Waals surface area contributed by atoms with Gasteiger partial charge in [0.1, 0.15) is 5.75 Å². The van der Waals surface area contributed by atoms with E-state index in [4.69, 9.17) is 21.1 Å². The lowest BCUT2D eigenvalue weighted by Crippen LogP contribution is -2.39. The molecule has 1 atom stereocenters. The molecule has 0 spiro atoms. The van der Waals surface area contributed by atoms with E-state index in [0.29, 0.717) is 31.4 Å². The highest BCUT2D eigenvalue weighted by molar-refractivity contribution is 7.07. The highest BCUT2D eigenvalue weighted by Crippen LogP contribution is 2.31. The van der Waals surface area contributed by atoms with Crippen LogP contribution in [-0.4, -0.2) is 24.3 Å². The van der Waals surface area contributed by atoms with E-state index in [1.54, 1.807) is 43.7 Å². The Balaban J connectivity index is 1.94. The SMILES string of the molecule is CCOC(=O)C1=C(C)N=c2s/c(=C\c3cccc(OC)c3)c(=O)n2C1c1ccc(Cl)cc1. The Labute approximate surface area is 193 Å². The van der Waals surface area contributed by atoms with Crippen molar-refractivity contribution in [2.75, 3.05) is 13.7 Å². The summed E-state index contributed by atoms with van der Waals surface area (Å²) < 4.78 is 12.6. The minimum absolute atomic E-state index is 0.225. The molecule has 32 heavy (non-hydrogen) atoms. The number of rotatable bonds is 5. The van der Waals surface area contributed by atoms with Gasteiger partial charge in [0.15, 0.2) is 4.80 Å². The Bertz CT molecular complexity index is 1390. The van der Waals surface area contributed by atoms with Gasteiger partial charge < -0.3 is 9.47 Å². The summed E-state index contributed by atoms with van der Waals surface area (Å²) in [4.78, 5) is 31.4. The summed E-state index contributed by atoms with van der Waals surface area (Å²) in [6.07, 6.45) is 1.80. The average molecular weight is 469 g/mol. The van der Waals surface area contributed by atoms with Crippen molar-refractivity contribution in [2.45, 2.75) is 19.9 Å². The lowest BCUT2D eigenvalue weighted by atomic mass is 9.96. The van der Waals surface area contributed by atoms with Gasteiger partial charge in [0.05, 0.1) is 35.6 Å². The van der Waals surface area contributed by atoms with E-state index < -0.39 is 12.0 Å². The van der Waals surface area contributed by atoms with Gasteiger partial charge >= 0.3 is 5.97 Å². The van der Waals surface area contributed by atoms with Crippen molar-refractivity contribution in [1.29, 1.82) is 0 Å². The maximum absolute atomic E-state index is 13.5. The number of thiazole rings is 1. The summed E-state index contributed by atoms with van der Waals surface area (Å²) in [5.74, 6) is 0.210. The second kappa shape index (κ2) is 9.14. The first-order chi connectivity index (χ1) is 15.4. The fourth-order valence-corrected chi connectivity index (χ4v) is 4.81. The Kier molecular flexibility index (Phi) is 6.30. The van der Waals surface area contributed by atoms with Crippen LogP contribution in [0.1, 0.15) is 31.0 Å². The molecule has 8 heteroatoms. The van der Waals surface area contributed by atoms with Crippen molar-refractivity contribution in [3.8, 4) is 5.75 Å². The third-order valence-electron chi connectivity index (χ3n) is 5.09. The van der Waals surface area contributed by atoms with Gasteiger partial charge in [-0.15, -0.1) is 0 Å². The number of hydrogen-bond donors (Lipinski definition) is 0. The normalized spacial score (nSPS) is 15.9. The molecular weight excluding hydrogens is 448 g/mol. The molecule has 2 heterocycles. The molecule has 4 rings (SSSR count). The molecule has 6 nitrogen and oxygen atoms in total. The molecule has 1 unspecified atom stereocenters. The lowest BCUT2D eigenvalue weighted by molar-refractivity contribution is -0.139. The fraction of sp³-hybridized carbons (Fsp3) is 0.208. The smallest absolute Gasteiger partial charge is 0.338 e. The van der Waals surface area contributed by atoms with Gasteiger partial charge in [0.2, 0.25) is 0 Å². The van der Waals surface area contributed by atoms with Crippen molar-refractivity contribution >= 4 is 35.0 Å². The summed E-state index contributed by atoms with van der Waals surface area (Å²) >= 11 is 7.35. The van der Waals surface area contributed by atoms with Gasteiger partial charge in [0.25, 0.3) is 5.56 Å². The van der Waals surface area contributed by atoms with Crippen LogP contribution in [0.3, 0.4) is 0 Å². The second-order valence-electron chi connectivity index (χ2n) is 7.13. The van der Waals surface area contributed by atoms with Crippen molar-refractivity contribution in [1.82, 2.24) is 4.57 Å². The van der Waals surface area contributed by atoms with Crippen molar-refractivity contribution in [3.05, 3.63) is 95.6 Å². The third-order valence-corrected chi connectivity index (χ3v) is 6.33. The first-order valence-electron chi connectivity index (χ1n) is 10.0. The van der Waals surface area contributed by atoms with Crippen LogP contribution in [0.15, 0.2) is 69.6 Å². The summed E-state index contributed by atoms with van der Waals surface area (Å²) in [5, 5.41) is 0.567. The molecule has 0 saturated carbocycles. The molecule has 164 valence electrons. The van der Waals surface area contributed by atoms with Gasteiger partial charge in [-0.05, 0) is 55.3 Å². The van der Waals surface area contributed by atoms with E-state index in [0.717, 1.165) is 11.1 Å². The van der Waals surface area contributed by atoms with E-state index in [2.05, 4.69) is 4.99 Å². The molecule has 0 radical (unpaired) electrons. The summed E-state index contributed by atoms with van der Waals surface area (Å²) in [5.41, 5.74) is 2.22. The van der Waals surface area contributed by atoms with Crippen molar-refractivity contribution in [2.24, 2.45) is 4.99 Å². The number of ether oxygens (including phenoxy) is 2. The molecule has 1 aliphatic rings. The number of allylic oxidation sites excluding steroid dienone is 1. The molecule has 0 saturated heterocycles. The molecule has 0 amide bonds. The number of aromatic nitrogens is 1. The van der Waals surface area contributed by atoms with Crippen LogP contribution in [-0.2, 0) is 9.53 Å². The largest absolute Gasteiger partial charge is 0.497 e. The molecule has 0 N–H and O–H groups in total. The highest BCUT2D eigenvalue weighted by Gasteiger charge is 2.33. The predicted octanol–water partition coefficient (Wildman–Crippen LogP) is 3.46. The number of fused-ring (bicyclic) bond motifs is 1. The molecular formula is C24H21ClN2O4S. The molecule has 0 fully saturated rings. The highest BCUT2D eigenvalue weighted by atomic mass is 35.5. The van der Waals surface area contributed by atoms with Crippen LogP contribution in [0.25, 0.3) is 6.08 Å². The quantitative estimate of drug-likeness (QED) is 0.538. The number of carbonyl (C=O) groups is 1. The molecule has 1 aromatic heterocycles. The number of esters is 1. The minimum Gasteiger partial charge on any atom is -0.497 e. The van der Waals surface area contributed by atoms with E-state index in [1.165, 1.54) is 11.3 Å². The van der Waals surface area contributed by atoms with Gasteiger partial charge in [0, 0.05) is 5.02 Å². The Morgan fingerprint density at radius 2 is 2.00 bits per heavy atom.